The predicted molar refractivity (Wildman–Crippen MR) is 96.1 cm³/mol. The zero-order valence-corrected chi connectivity index (χ0v) is 15.2. The first-order valence-electron chi connectivity index (χ1n) is 8.49. The minimum Gasteiger partial charge on any atom is -0.340 e. The fourth-order valence-corrected chi connectivity index (χ4v) is 3.75. The summed E-state index contributed by atoms with van der Waals surface area (Å²) in [5, 5.41) is 3.36. The van der Waals surface area contributed by atoms with E-state index in [4.69, 9.17) is 0 Å². The third-order valence-electron chi connectivity index (χ3n) is 5.20. The first-order valence-corrected chi connectivity index (χ1v) is 8.49. The summed E-state index contributed by atoms with van der Waals surface area (Å²) in [6.07, 6.45) is 1.01. The molecule has 1 aromatic carbocycles. The van der Waals surface area contributed by atoms with Gasteiger partial charge >= 0.3 is 0 Å². The highest BCUT2D eigenvalue weighted by molar-refractivity contribution is 5.87. The molecule has 1 unspecified atom stereocenters. The molecule has 4 nitrogen and oxygen atoms in total. The molecule has 1 aromatic rings. The number of hydrogen-bond donors (Lipinski definition) is 1. The van der Waals surface area contributed by atoms with Gasteiger partial charge in [0.15, 0.2) is 0 Å². The van der Waals surface area contributed by atoms with Crippen LogP contribution < -0.4 is 5.32 Å². The lowest BCUT2D eigenvalue weighted by Crippen LogP contribution is -2.50. The van der Waals surface area contributed by atoms with E-state index in [1.165, 1.54) is 6.07 Å². The van der Waals surface area contributed by atoms with E-state index >= 15 is 0 Å². The Kier molecular flexibility index (Phi) is 6.23. The van der Waals surface area contributed by atoms with Gasteiger partial charge in [-0.3, -0.25) is 9.69 Å². The molecular weight excluding hydrogens is 329 g/mol. The molecule has 24 heavy (non-hydrogen) atoms. The van der Waals surface area contributed by atoms with E-state index in [2.05, 4.69) is 10.2 Å². The first kappa shape index (κ1) is 19.2. The molecule has 1 amide bonds. The Hall–Kier alpha value is -1.17. The van der Waals surface area contributed by atoms with Crippen LogP contribution in [0, 0.1) is 5.82 Å². The fraction of sp³-hybridized carbons (Fsp3) is 0.611. The smallest absolute Gasteiger partial charge is 0.232 e. The van der Waals surface area contributed by atoms with Gasteiger partial charge in [0.1, 0.15) is 5.82 Å². The van der Waals surface area contributed by atoms with Crippen molar-refractivity contribution < 1.29 is 9.18 Å². The van der Waals surface area contributed by atoms with Crippen LogP contribution in [0.3, 0.4) is 0 Å². The summed E-state index contributed by atoms with van der Waals surface area (Å²) in [4.78, 5) is 17.4. The molecule has 2 fully saturated rings. The van der Waals surface area contributed by atoms with Gasteiger partial charge in [-0.2, -0.15) is 0 Å². The van der Waals surface area contributed by atoms with E-state index in [1.54, 1.807) is 18.2 Å². The average molecular weight is 356 g/mol. The third kappa shape index (κ3) is 3.73. The third-order valence-corrected chi connectivity index (χ3v) is 5.20. The van der Waals surface area contributed by atoms with E-state index < -0.39 is 5.41 Å². The summed E-state index contributed by atoms with van der Waals surface area (Å²) in [5.41, 5.74) is -0.348. The summed E-state index contributed by atoms with van der Waals surface area (Å²) in [7, 11) is 0. The topological polar surface area (TPSA) is 35.6 Å². The lowest BCUT2D eigenvalue weighted by Gasteiger charge is -2.34. The van der Waals surface area contributed by atoms with Crippen LogP contribution in [-0.4, -0.2) is 61.0 Å². The molecule has 3 rings (SSSR count). The van der Waals surface area contributed by atoms with Gasteiger partial charge in [0, 0.05) is 50.9 Å². The Bertz CT molecular complexity index is 575. The van der Waals surface area contributed by atoms with Gasteiger partial charge in [-0.25, -0.2) is 4.39 Å². The number of hydrogen-bond acceptors (Lipinski definition) is 3. The lowest BCUT2D eigenvalue weighted by atomic mass is 9.83. The molecule has 6 heteroatoms. The van der Waals surface area contributed by atoms with Gasteiger partial charge < -0.3 is 10.2 Å². The van der Waals surface area contributed by atoms with E-state index in [0.717, 1.165) is 45.7 Å². The zero-order valence-electron chi connectivity index (χ0n) is 14.4. The number of carbonyl (C=O) groups is 1. The van der Waals surface area contributed by atoms with Gasteiger partial charge in [0.25, 0.3) is 0 Å². The Labute approximate surface area is 149 Å². The van der Waals surface area contributed by atoms with Crippen LogP contribution in [0.2, 0.25) is 0 Å². The normalized spacial score (nSPS) is 22.3. The molecule has 2 saturated heterocycles. The number of carbonyl (C=O) groups excluding carboxylic acids is 1. The summed E-state index contributed by atoms with van der Waals surface area (Å²) in [6.45, 7) is 9.31. The van der Waals surface area contributed by atoms with Crippen molar-refractivity contribution in [3.8, 4) is 0 Å². The van der Waals surface area contributed by atoms with Crippen LogP contribution in [0.15, 0.2) is 24.3 Å². The molecule has 1 atom stereocenters. The van der Waals surface area contributed by atoms with Crippen LogP contribution in [0.4, 0.5) is 4.39 Å². The molecule has 0 bridgehead atoms. The van der Waals surface area contributed by atoms with Crippen molar-refractivity contribution in [2.75, 3.05) is 39.3 Å². The maximum atomic E-state index is 14.1. The van der Waals surface area contributed by atoms with E-state index in [0.29, 0.717) is 11.6 Å². The fourth-order valence-electron chi connectivity index (χ4n) is 3.75. The maximum Gasteiger partial charge on any atom is 0.232 e. The van der Waals surface area contributed by atoms with Gasteiger partial charge in [-0.05, 0) is 26.3 Å². The van der Waals surface area contributed by atoms with Crippen LogP contribution in [0.1, 0.15) is 25.8 Å². The Morgan fingerprint density at radius 2 is 1.88 bits per heavy atom. The number of nitrogens with one attached hydrogen (secondary N) is 1. The summed E-state index contributed by atoms with van der Waals surface area (Å²) in [5.74, 6) is -0.274. The second kappa shape index (κ2) is 7.81. The standard InChI is InChI=1S/C18H26FN3O.ClH/c1-18(2,15-5-3-4-6-16(15)19)17(23)22-10-7-14(13-22)21-11-8-20-9-12-21;/h3-6,14,20H,7-13H2,1-2H3;1H. The Morgan fingerprint density at radius 1 is 1.21 bits per heavy atom. The minimum absolute atomic E-state index is 0. The summed E-state index contributed by atoms with van der Waals surface area (Å²) < 4.78 is 14.1. The van der Waals surface area contributed by atoms with Gasteiger partial charge in [-0.1, -0.05) is 18.2 Å². The summed E-state index contributed by atoms with van der Waals surface area (Å²) in [6, 6.07) is 7.04. The molecule has 0 aromatic heterocycles. The molecule has 0 saturated carbocycles. The predicted octanol–water partition coefficient (Wildman–Crippen LogP) is 2.03. The minimum atomic E-state index is -0.830. The monoisotopic (exact) mass is 355 g/mol. The second-order valence-electron chi connectivity index (χ2n) is 7.08. The average Bonchev–Trinajstić information content (AvgIpc) is 3.05. The molecule has 1 N–H and O–H groups in total. The molecule has 134 valence electrons. The van der Waals surface area contributed by atoms with E-state index in [-0.39, 0.29) is 24.1 Å². The molecular formula is C18H27ClFN3O. The maximum absolute atomic E-state index is 14.1. The van der Waals surface area contributed by atoms with Crippen LogP contribution in [-0.2, 0) is 10.2 Å². The number of nitrogens with zero attached hydrogens (tertiary/aromatic N) is 2. The highest BCUT2D eigenvalue weighted by Gasteiger charge is 2.39. The number of benzene rings is 1. The van der Waals surface area contributed by atoms with Crippen LogP contribution in [0.5, 0.6) is 0 Å². The van der Waals surface area contributed by atoms with Crippen molar-refractivity contribution in [3.63, 3.8) is 0 Å². The van der Waals surface area contributed by atoms with Gasteiger partial charge in [-0.15, -0.1) is 12.4 Å². The molecule has 2 aliphatic rings. The number of rotatable bonds is 3. The SMILES string of the molecule is CC(C)(C(=O)N1CCC(N2CCNCC2)C1)c1ccccc1F.Cl. The molecule has 2 aliphatic heterocycles. The van der Waals surface area contributed by atoms with Crippen molar-refractivity contribution >= 4 is 18.3 Å². The molecule has 0 aliphatic carbocycles. The number of amides is 1. The van der Waals surface area contributed by atoms with Crippen molar-refractivity contribution in [3.05, 3.63) is 35.6 Å². The second-order valence-corrected chi connectivity index (χ2v) is 7.08. The number of halogens is 2. The van der Waals surface area contributed by atoms with Crippen molar-refractivity contribution in [2.45, 2.75) is 31.7 Å². The van der Waals surface area contributed by atoms with Crippen molar-refractivity contribution in [1.82, 2.24) is 15.1 Å². The van der Waals surface area contributed by atoms with Crippen LogP contribution in [0.25, 0.3) is 0 Å². The Morgan fingerprint density at radius 3 is 2.54 bits per heavy atom. The highest BCUT2D eigenvalue weighted by Crippen LogP contribution is 2.30. The molecule has 0 spiro atoms. The Balaban J connectivity index is 0.00000208. The number of piperazine rings is 1. The van der Waals surface area contributed by atoms with Crippen molar-refractivity contribution in [2.24, 2.45) is 0 Å². The van der Waals surface area contributed by atoms with E-state index in [9.17, 15) is 9.18 Å². The largest absolute Gasteiger partial charge is 0.340 e. The highest BCUT2D eigenvalue weighted by atomic mass is 35.5. The van der Waals surface area contributed by atoms with Gasteiger partial charge in [0.2, 0.25) is 5.91 Å². The van der Waals surface area contributed by atoms with Crippen LogP contribution >= 0.6 is 12.4 Å². The molecule has 0 radical (unpaired) electrons. The van der Waals surface area contributed by atoms with E-state index in [1.807, 2.05) is 18.7 Å². The van der Waals surface area contributed by atoms with Crippen molar-refractivity contribution in [1.29, 1.82) is 0 Å². The first-order chi connectivity index (χ1) is 11.0. The zero-order chi connectivity index (χ0) is 16.4. The van der Waals surface area contributed by atoms with Gasteiger partial charge in [0.05, 0.1) is 5.41 Å². The number of likely N-dealkylation sites (tertiary alicyclic amines) is 1. The lowest BCUT2D eigenvalue weighted by molar-refractivity contribution is -0.135. The summed E-state index contributed by atoms with van der Waals surface area (Å²) >= 11 is 0. The molecule has 2 heterocycles. The quantitative estimate of drug-likeness (QED) is 0.901.